The van der Waals surface area contributed by atoms with Crippen molar-refractivity contribution in [1.82, 2.24) is 0 Å². The van der Waals surface area contributed by atoms with Gasteiger partial charge in [0.2, 0.25) is 0 Å². The second kappa shape index (κ2) is 45.3. The van der Waals surface area contributed by atoms with Crippen molar-refractivity contribution < 1.29 is 58.2 Å². The topological polar surface area (TPSA) is 175 Å². The van der Waals surface area contributed by atoms with Crippen LogP contribution in [0.15, 0.2) is 72.9 Å². The Kier molecular flexibility index (Phi) is 41.5. The van der Waals surface area contributed by atoms with Crippen LogP contribution in [0.2, 0.25) is 0 Å². The maximum Gasteiger partial charge on any atom is 0.335 e. The molecule has 0 radical (unpaired) electrons. The van der Waals surface area contributed by atoms with Gasteiger partial charge in [0.25, 0.3) is 0 Å². The molecule has 69 heavy (non-hydrogen) atoms. The van der Waals surface area contributed by atoms with Gasteiger partial charge in [0, 0.05) is 19.3 Å². The van der Waals surface area contributed by atoms with E-state index in [1.807, 2.05) is 18.2 Å². The Morgan fingerprint density at radius 1 is 0.493 bits per heavy atom. The number of aliphatic hydroxyl groups is 2. The molecule has 12 nitrogen and oxygen atoms in total. The highest BCUT2D eigenvalue weighted by Gasteiger charge is 2.50. The first kappa shape index (κ1) is 63.2. The third-order valence-corrected chi connectivity index (χ3v) is 11.8. The molecule has 1 fully saturated rings. The molecule has 0 aromatic carbocycles. The molecule has 394 valence electrons. The lowest BCUT2D eigenvalue weighted by molar-refractivity contribution is -0.301. The van der Waals surface area contributed by atoms with Gasteiger partial charge in [-0.2, -0.15) is 0 Å². The second-order valence-electron chi connectivity index (χ2n) is 18.1. The van der Waals surface area contributed by atoms with E-state index in [-0.39, 0.29) is 25.9 Å². The number of ether oxygens (including phenoxy) is 5. The van der Waals surface area contributed by atoms with E-state index < -0.39 is 67.3 Å². The van der Waals surface area contributed by atoms with Gasteiger partial charge >= 0.3 is 23.9 Å². The van der Waals surface area contributed by atoms with Gasteiger partial charge in [0.15, 0.2) is 24.6 Å². The SMILES string of the molecule is CC/C=C\C/C=C\C/C=C\C/C=C\CCC(=O)OC1C(OCC(COC(=O)CCCCCCCCC/C=C\C/C=C\CCCCC)OC(=O)CCCCCCCCCCC)OC(C(=O)O)C(O)C1O. The highest BCUT2D eigenvalue weighted by Crippen LogP contribution is 2.26. The van der Waals surface area contributed by atoms with Crippen molar-refractivity contribution in [3.8, 4) is 0 Å². The van der Waals surface area contributed by atoms with Gasteiger partial charge in [0.05, 0.1) is 6.61 Å². The molecule has 1 rings (SSSR count). The molecule has 0 bridgehead atoms. The molecule has 0 aliphatic carbocycles. The Morgan fingerprint density at radius 3 is 1.48 bits per heavy atom. The van der Waals surface area contributed by atoms with Gasteiger partial charge in [-0.15, -0.1) is 0 Å². The average molecular weight is 971 g/mol. The molecule has 0 amide bonds. The maximum atomic E-state index is 13.0. The minimum Gasteiger partial charge on any atom is -0.479 e. The fraction of sp³-hybridized carbons (Fsp3) is 0.719. The summed E-state index contributed by atoms with van der Waals surface area (Å²) in [6.07, 6.45) is 43.4. The number of carbonyl (C=O) groups excluding carboxylic acids is 3. The van der Waals surface area contributed by atoms with E-state index in [9.17, 15) is 34.5 Å². The number of aliphatic carboxylic acids is 1. The Morgan fingerprint density at radius 2 is 0.942 bits per heavy atom. The normalized spacial score (nSPS) is 19.2. The Bertz CT molecular complexity index is 1480. The van der Waals surface area contributed by atoms with Crippen LogP contribution >= 0.6 is 0 Å². The highest BCUT2D eigenvalue weighted by molar-refractivity contribution is 5.74. The number of rotatable bonds is 44. The first-order valence-electron chi connectivity index (χ1n) is 26.9. The summed E-state index contributed by atoms with van der Waals surface area (Å²) >= 11 is 0. The van der Waals surface area contributed by atoms with Crippen LogP contribution in [0.3, 0.4) is 0 Å². The first-order chi connectivity index (χ1) is 33.6. The first-order valence-corrected chi connectivity index (χ1v) is 26.9. The zero-order chi connectivity index (χ0) is 50.4. The third-order valence-electron chi connectivity index (χ3n) is 11.8. The van der Waals surface area contributed by atoms with Crippen molar-refractivity contribution >= 4 is 23.9 Å². The number of allylic oxidation sites excluding steroid dienone is 12. The van der Waals surface area contributed by atoms with Gasteiger partial charge < -0.3 is 39.0 Å². The number of carboxylic acids is 1. The summed E-state index contributed by atoms with van der Waals surface area (Å²) in [6.45, 7) is 5.76. The monoisotopic (exact) mass is 971 g/mol. The fourth-order valence-electron chi connectivity index (χ4n) is 7.65. The lowest BCUT2D eigenvalue weighted by Gasteiger charge is -2.40. The lowest BCUT2D eigenvalue weighted by atomic mass is 9.98. The standard InChI is InChI=1S/C57H94O12/c1-4-7-10-13-16-19-21-23-24-25-26-28-29-32-34-37-40-43-49(58)65-46-48(67-50(59)44-41-38-35-31-18-15-12-9-6-3)47-66-57-55(53(62)52(61)54(69-57)56(63)64)68-51(60)45-42-39-36-33-30-27-22-20-17-14-11-8-5-2/h8,11,16-17,19-20,23-24,27,30,36,39,48,52-55,57,61-62H,4-7,9-10,12-15,18,21-22,25-26,28-29,31-35,37-38,40-47H2,1-3H3,(H,63,64)/b11-8-,19-16-,20-17-,24-23-,30-27-,39-36-. The molecule has 6 unspecified atom stereocenters. The molecule has 0 saturated carbocycles. The molecule has 0 aromatic heterocycles. The van der Waals surface area contributed by atoms with Crippen LogP contribution in [0.4, 0.5) is 0 Å². The number of carboxylic acid groups (broad SMARTS) is 1. The van der Waals surface area contributed by atoms with Crippen molar-refractivity contribution in [2.24, 2.45) is 0 Å². The molecule has 0 aromatic rings. The van der Waals surface area contributed by atoms with Crippen molar-refractivity contribution in [3.63, 3.8) is 0 Å². The van der Waals surface area contributed by atoms with Crippen molar-refractivity contribution in [1.29, 1.82) is 0 Å². The summed E-state index contributed by atoms with van der Waals surface area (Å²) in [5, 5.41) is 31.3. The lowest BCUT2D eigenvalue weighted by Crippen LogP contribution is -2.61. The molecule has 0 spiro atoms. The number of aliphatic hydroxyl groups excluding tert-OH is 2. The number of esters is 3. The number of hydrogen-bond acceptors (Lipinski definition) is 11. The molecule has 6 atom stereocenters. The summed E-state index contributed by atoms with van der Waals surface area (Å²) in [7, 11) is 0. The minimum absolute atomic E-state index is 0.0623. The minimum atomic E-state index is -1.93. The second-order valence-corrected chi connectivity index (χ2v) is 18.1. The fourth-order valence-corrected chi connectivity index (χ4v) is 7.65. The summed E-state index contributed by atoms with van der Waals surface area (Å²) in [4.78, 5) is 50.8. The zero-order valence-corrected chi connectivity index (χ0v) is 43.0. The van der Waals surface area contributed by atoms with Crippen molar-refractivity contribution in [3.05, 3.63) is 72.9 Å². The van der Waals surface area contributed by atoms with Gasteiger partial charge in [-0.05, 0) is 77.0 Å². The summed E-state index contributed by atoms with van der Waals surface area (Å²) in [5.74, 6) is -3.24. The predicted molar refractivity (Wildman–Crippen MR) is 275 cm³/mol. The average Bonchev–Trinajstić information content (AvgIpc) is 3.33. The number of unbranched alkanes of at least 4 members (excludes halogenated alkanes) is 18. The summed E-state index contributed by atoms with van der Waals surface area (Å²) < 4.78 is 28.2. The van der Waals surface area contributed by atoms with E-state index >= 15 is 0 Å². The van der Waals surface area contributed by atoms with Crippen molar-refractivity contribution in [2.75, 3.05) is 13.2 Å². The molecular formula is C57H94O12. The molecule has 1 heterocycles. The third kappa shape index (κ3) is 35.8. The van der Waals surface area contributed by atoms with Gasteiger partial charge in [-0.3, -0.25) is 14.4 Å². The van der Waals surface area contributed by atoms with Crippen LogP contribution in [-0.4, -0.2) is 89.2 Å². The van der Waals surface area contributed by atoms with Crippen LogP contribution in [0.25, 0.3) is 0 Å². The molecular weight excluding hydrogens is 877 g/mol. The van der Waals surface area contributed by atoms with E-state index in [1.165, 1.54) is 70.6 Å². The molecule has 1 saturated heterocycles. The van der Waals surface area contributed by atoms with Crippen LogP contribution < -0.4 is 0 Å². The van der Waals surface area contributed by atoms with Crippen LogP contribution in [-0.2, 0) is 42.9 Å². The maximum absolute atomic E-state index is 13.0. The summed E-state index contributed by atoms with van der Waals surface area (Å²) in [5.41, 5.74) is 0. The smallest absolute Gasteiger partial charge is 0.335 e. The van der Waals surface area contributed by atoms with E-state index in [2.05, 4.69) is 75.5 Å². The molecule has 1 aliphatic rings. The van der Waals surface area contributed by atoms with Gasteiger partial charge in [0.1, 0.15) is 18.8 Å². The Balaban J connectivity index is 2.72. The Labute approximate surface area is 417 Å². The highest BCUT2D eigenvalue weighted by atomic mass is 16.7. The summed E-state index contributed by atoms with van der Waals surface area (Å²) in [6, 6.07) is 0. The molecule has 1 aliphatic heterocycles. The Hall–Kier alpha value is -3.84. The molecule has 3 N–H and O–H groups in total. The van der Waals surface area contributed by atoms with Gasteiger partial charge in [-0.1, -0.05) is 190 Å². The van der Waals surface area contributed by atoms with Crippen LogP contribution in [0.5, 0.6) is 0 Å². The number of carbonyl (C=O) groups is 4. The van der Waals surface area contributed by atoms with Gasteiger partial charge in [-0.25, -0.2) is 4.79 Å². The number of hydrogen-bond donors (Lipinski definition) is 3. The van der Waals surface area contributed by atoms with Crippen LogP contribution in [0.1, 0.15) is 213 Å². The van der Waals surface area contributed by atoms with Crippen molar-refractivity contribution in [2.45, 2.75) is 250 Å². The van der Waals surface area contributed by atoms with E-state index in [1.54, 1.807) is 0 Å². The zero-order valence-electron chi connectivity index (χ0n) is 43.0. The predicted octanol–water partition coefficient (Wildman–Crippen LogP) is 13.0. The largest absolute Gasteiger partial charge is 0.479 e. The van der Waals surface area contributed by atoms with Crippen LogP contribution in [0, 0.1) is 0 Å². The van der Waals surface area contributed by atoms with E-state index in [0.29, 0.717) is 25.7 Å². The van der Waals surface area contributed by atoms with E-state index in [4.69, 9.17) is 23.7 Å². The van der Waals surface area contributed by atoms with E-state index in [0.717, 1.165) is 77.0 Å². The quantitative estimate of drug-likeness (QED) is 0.0228. The molecule has 12 heteroatoms.